The summed E-state index contributed by atoms with van der Waals surface area (Å²) < 4.78 is 0. The van der Waals surface area contributed by atoms with Crippen molar-refractivity contribution in [3.05, 3.63) is 54.6 Å². The Hall–Kier alpha value is -2.76. The van der Waals surface area contributed by atoms with Gasteiger partial charge in [0.15, 0.2) is 5.82 Å². The van der Waals surface area contributed by atoms with Crippen molar-refractivity contribution in [1.29, 1.82) is 0 Å². The minimum absolute atomic E-state index is 0.0657. The van der Waals surface area contributed by atoms with Crippen LogP contribution in [0.5, 0.6) is 0 Å². The van der Waals surface area contributed by atoms with Crippen LogP contribution in [0.2, 0.25) is 0 Å². The highest BCUT2D eigenvalue weighted by Gasteiger charge is 2.29. The maximum absolute atomic E-state index is 12.1. The molecule has 1 fully saturated rings. The number of piperidine rings is 1. The molecule has 1 saturated heterocycles. The Morgan fingerprint density at radius 1 is 1.33 bits per heavy atom. The number of nitrogens with zero attached hydrogens (tertiary/aromatic N) is 4. The summed E-state index contributed by atoms with van der Waals surface area (Å²) in [6.45, 7) is 6.25. The molecule has 2 aromatic heterocycles. The molecule has 124 valence electrons. The Morgan fingerprint density at radius 2 is 2.21 bits per heavy atom. The van der Waals surface area contributed by atoms with Gasteiger partial charge in [0.2, 0.25) is 5.91 Å². The molecule has 6 heteroatoms. The van der Waals surface area contributed by atoms with E-state index in [9.17, 15) is 4.79 Å². The smallest absolute Gasteiger partial charge is 0.246 e. The van der Waals surface area contributed by atoms with Crippen LogP contribution in [0.3, 0.4) is 0 Å². The van der Waals surface area contributed by atoms with E-state index < -0.39 is 0 Å². The van der Waals surface area contributed by atoms with Crippen LogP contribution in [0, 0.1) is 6.92 Å². The molecular formula is C18H21N5O. The van der Waals surface area contributed by atoms with Crippen LogP contribution in [-0.2, 0) is 4.79 Å². The first-order chi connectivity index (χ1) is 11.7. The van der Waals surface area contributed by atoms with Gasteiger partial charge in [-0.1, -0.05) is 12.6 Å². The standard InChI is InChI=1S/C18H21N5O/c1-3-17(24)23-11-7-5-8-14(23)18-20-13(2)12-16(22-18)21-15-9-4-6-10-19-15/h3-4,6,9-10,12,14H,1,5,7-8,11H2,2H3,(H,19,20,21,22)/t14-/m1/s1. The van der Waals surface area contributed by atoms with Crippen molar-refractivity contribution in [3.8, 4) is 0 Å². The molecule has 0 aliphatic carbocycles. The average Bonchev–Trinajstić information content (AvgIpc) is 2.61. The number of amides is 1. The molecule has 1 N–H and O–H groups in total. The number of nitrogens with one attached hydrogen (secondary N) is 1. The lowest BCUT2D eigenvalue weighted by atomic mass is 10.0. The number of aromatic nitrogens is 3. The molecule has 3 heterocycles. The van der Waals surface area contributed by atoms with Gasteiger partial charge in [0.05, 0.1) is 6.04 Å². The fraction of sp³-hybridized carbons (Fsp3) is 0.333. The van der Waals surface area contributed by atoms with Gasteiger partial charge in [0, 0.05) is 24.5 Å². The monoisotopic (exact) mass is 323 g/mol. The van der Waals surface area contributed by atoms with Crippen LogP contribution < -0.4 is 5.32 Å². The van der Waals surface area contributed by atoms with Crippen LogP contribution in [0.1, 0.15) is 36.8 Å². The van der Waals surface area contributed by atoms with Gasteiger partial charge in [-0.3, -0.25) is 4.79 Å². The molecule has 0 aromatic carbocycles. The van der Waals surface area contributed by atoms with E-state index in [0.717, 1.165) is 37.3 Å². The highest BCUT2D eigenvalue weighted by atomic mass is 16.2. The maximum Gasteiger partial charge on any atom is 0.246 e. The van der Waals surface area contributed by atoms with Crippen LogP contribution >= 0.6 is 0 Å². The van der Waals surface area contributed by atoms with Gasteiger partial charge in [-0.05, 0) is 44.4 Å². The molecule has 24 heavy (non-hydrogen) atoms. The van der Waals surface area contributed by atoms with Gasteiger partial charge in [0.25, 0.3) is 0 Å². The SMILES string of the molecule is C=CC(=O)N1CCCC[C@@H]1c1nc(C)cc(Nc2ccccn2)n1. The van der Waals surface area contributed by atoms with Crippen molar-refractivity contribution in [2.45, 2.75) is 32.2 Å². The fourth-order valence-corrected chi connectivity index (χ4v) is 2.95. The van der Waals surface area contributed by atoms with Crippen LogP contribution in [0.4, 0.5) is 11.6 Å². The first-order valence-corrected chi connectivity index (χ1v) is 8.14. The highest BCUT2D eigenvalue weighted by molar-refractivity contribution is 5.87. The largest absolute Gasteiger partial charge is 0.329 e. The Labute approximate surface area is 141 Å². The van der Waals surface area contributed by atoms with Crippen molar-refractivity contribution in [2.75, 3.05) is 11.9 Å². The third-order valence-corrected chi connectivity index (χ3v) is 4.05. The van der Waals surface area contributed by atoms with E-state index in [-0.39, 0.29) is 11.9 Å². The van der Waals surface area contributed by atoms with Crippen molar-refractivity contribution < 1.29 is 4.79 Å². The van der Waals surface area contributed by atoms with Crippen molar-refractivity contribution in [3.63, 3.8) is 0 Å². The summed E-state index contributed by atoms with van der Waals surface area (Å²) in [6.07, 6.45) is 6.02. The summed E-state index contributed by atoms with van der Waals surface area (Å²) in [5, 5.41) is 3.20. The van der Waals surface area contributed by atoms with E-state index in [1.807, 2.05) is 36.1 Å². The number of carbonyl (C=O) groups is 1. The fourth-order valence-electron chi connectivity index (χ4n) is 2.95. The quantitative estimate of drug-likeness (QED) is 0.875. The molecule has 0 unspecified atom stereocenters. The van der Waals surface area contributed by atoms with Gasteiger partial charge in [0.1, 0.15) is 11.6 Å². The van der Waals surface area contributed by atoms with Gasteiger partial charge >= 0.3 is 0 Å². The van der Waals surface area contributed by atoms with Crippen molar-refractivity contribution in [2.24, 2.45) is 0 Å². The molecular weight excluding hydrogens is 302 g/mol. The van der Waals surface area contributed by atoms with Crippen LogP contribution in [-0.4, -0.2) is 32.3 Å². The minimum Gasteiger partial charge on any atom is -0.329 e. The lowest BCUT2D eigenvalue weighted by molar-refractivity contribution is -0.129. The third-order valence-electron chi connectivity index (χ3n) is 4.05. The average molecular weight is 323 g/mol. The zero-order valence-electron chi connectivity index (χ0n) is 13.8. The number of hydrogen-bond acceptors (Lipinski definition) is 5. The lowest BCUT2D eigenvalue weighted by Gasteiger charge is -2.34. The molecule has 0 bridgehead atoms. The van der Waals surface area contributed by atoms with Gasteiger partial charge in [-0.15, -0.1) is 0 Å². The minimum atomic E-state index is -0.103. The van der Waals surface area contributed by atoms with Crippen LogP contribution in [0.15, 0.2) is 43.1 Å². The molecule has 3 rings (SSSR count). The molecule has 1 amide bonds. The van der Waals surface area contributed by atoms with E-state index in [2.05, 4.69) is 26.8 Å². The van der Waals surface area contributed by atoms with E-state index in [1.165, 1.54) is 6.08 Å². The Bertz CT molecular complexity index is 731. The molecule has 0 saturated carbocycles. The molecule has 0 radical (unpaired) electrons. The predicted molar refractivity (Wildman–Crippen MR) is 92.8 cm³/mol. The van der Waals surface area contributed by atoms with E-state index in [0.29, 0.717) is 11.6 Å². The number of aryl methyl sites for hydroxylation is 1. The summed E-state index contributed by atoms with van der Waals surface area (Å²) >= 11 is 0. The number of anilines is 2. The van der Waals surface area contributed by atoms with E-state index in [4.69, 9.17) is 0 Å². The predicted octanol–water partition coefficient (Wildman–Crippen LogP) is 3.16. The highest BCUT2D eigenvalue weighted by Crippen LogP contribution is 2.30. The van der Waals surface area contributed by atoms with Crippen molar-refractivity contribution in [1.82, 2.24) is 19.9 Å². The topological polar surface area (TPSA) is 71.0 Å². The van der Waals surface area contributed by atoms with Crippen molar-refractivity contribution >= 4 is 17.5 Å². The number of rotatable bonds is 4. The first kappa shape index (κ1) is 16.1. The molecule has 1 aliphatic rings. The van der Waals surface area contributed by atoms with Crippen LogP contribution in [0.25, 0.3) is 0 Å². The Balaban J connectivity index is 1.89. The molecule has 0 spiro atoms. The number of carbonyl (C=O) groups excluding carboxylic acids is 1. The maximum atomic E-state index is 12.1. The molecule has 6 nitrogen and oxygen atoms in total. The summed E-state index contributed by atoms with van der Waals surface area (Å²) in [4.78, 5) is 27.4. The summed E-state index contributed by atoms with van der Waals surface area (Å²) in [5.74, 6) is 2.02. The second kappa shape index (κ2) is 7.21. The number of hydrogen-bond donors (Lipinski definition) is 1. The second-order valence-corrected chi connectivity index (χ2v) is 5.84. The summed E-state index contributed by atoms with van der Waals surface area (Å²) in [7, 11) is 0. The van der Waals surface area contributed by atoms with Gasteiger partial charge in [-0.25, -0.2) is 15.0 Å². The molecule has 1 aliphatic heterocycles. The first-order valence-electron chi connectivity index (χ1n) is 8.14. The summed E-state index contributed by atoms with van der Waals surface area (Å²) in [5.41, 5.74) is 0.856. The second-order valence-electron chi connectivity index (χ2n) is 5.84. The van der Waals surface area contributed by atoms with Gasteiger partial charge < -0.3 is 10.2 Å². The summed E-state index contributed by atoms with van der Waals surface area (Å²) in [6, 6.07) is 7.43. The normalized spacial score (nSPS) is 17.4. The van der Waals surface area contributed by atoms with Gasteiger partial charge in [-0.2, -0.15) is 0 Å². The molecule has 1 atom stereocenters. The number of pyridine rings is 1. The van der Waals surface area contributed by atoms with E-state index >= 15 is 0 Å². The van der Waals surface area contributed by atoms with E-state index in [1.54, 1.807) is 6.20 Å². The third kappa shape index (κ3) is 3.59. The Morgan fingerprint density at radius 3 is 2.96 bits per heavy atom. The zero-order valence-corrected chi connectivity index (χ0v) is 13.8. The zero-order chi connectivity index (χ0) is 16.9. The number of likely N-dealkylation sites (tertiary alicyclic amines) is 1. The lowest BCUT2D eigenvalue weighted by Crippen LogP contribution is -2.38. The molecule has 2 aromatic rings. The Kier molecular flexibility index (Phi) is 4.84.